The van der Waals surface area contributed by atoms with Crippen molar-refractivity contribution in [1.29, 1.82) is 0 Å². The summed E-state index contributed by atoms with van der Waals surface area (Å²) in [7, 11) is -3.69. The van der Waals surface area contributed by atoms with Crippen LogP contribution in [0, 0.1) is 0 Å². The normalized spacial score (nSPS) is 12.1. The van der Waals surface area contributed by atoms with Crippen LogP contribution in [0.25, 0.3) is 5.69 Å². The van der Waals surface area contributed by atoms with Gasteiger partial charge < -0.3 is 10.1 Å². The van der Waals surface area contributed by atoms with Crippen molar-refractivity contribution in [1.82, 2.24) is 14.8 Å². The molecule has 0 radical (unpaired) electrons. The van der Waals surface area contributed by atoms with Gasteiger partial charge in [0.2, 0.25) is 5.91 Å². The number of amides is 1. The Bertz CT molecular complexity index is 1540. The molecule has 0 fully saturated rings. The fourth-order valence-electron chi connectivity index (χ4n) is 3.80. The molecule has 0 saturated carbocycles. The number of para-hydroxylation sites is 1. The fraction of sp³-hybridized carbons (Fsp3) is 0.214. The summed E-state index contributed by atoms with van der Waals surface area (Å²) in [6.07, 6.45) is 0.466. The highest BCUT2D eigenvalue weighted by Gasteiger charge is 2.26. The first kappa shape index (κ1) is 28.1. The summed E-state index contributed by atoms with van der Waals surface area (Å²) in [4.78, 5) is 25.5. The number of aromatic nitrogens is 3. The molecule has 0 bridgehead atoms. The van der Waals surface area contributed by atoms with E-state index in [0.29, 0.717) is 28.5 Å². The number of sulfone groups is 1. The van der Waals surface area contributed by atoms with Gasteiger partial charge in [-0.1, -0.05) is 61.2 Å². The van der Waals surface area contributed by atoms with Gasteiger partial charge in [0.05, 0.1) is 22.3 Å². The quantitative estimate of drug-likeness (QED) is 0.201. The van der Waals surface area contributed by atoms with E-state index in [1.807, 2.05) is 37.3 Å². The summed E-state index contributed by atoms with van der Waals surface area (Å²) in [5, 5.41) is 11.2. The monoisotopic (exact) mass is 564 g/mol. The molecular formula is C28H28N4O5S2. The lowest BCUT2D eigenvalue weighted by molar-refractivity contribution is -0.115. The van der Waals surface area contributed by atoms with Crippen molar-refractivity contribution < 1.29 is 22.7 Å². The highest BCUT2D eigenvalue weighted by atomic mass is 32.2. The van der Waals surface area contributed by atoms with Crippen molar-refractivity contribution in [2.24, 2.45) is 0 Å². The average molecular weight is 565 g/mol. The van der Waals surface area contributed by atoms with Crippen molar-refractivity contribution in [2.45, 2.75) is 41.3 Å². The van der Waals surface area contributed by atoms with E-state index in [0.717, 1.165) is 0 Å². The first-order valence-electron chi connectivity index (χ1n) is 12.3. The minimum Gasteiger partial charge on any atom is -0.462 e. The van der Waals surface area contributed by atoms with Crippen LogP contribution in [0.5, 0.6) is 0 Å². The third kappa shape index (κ3) is 6.92. The fourth-order valence-corrected chi connectivity index (χ4v) is 6.05. The number of carbonyl (C=O) groups excluding carboxylic acids is 2. The Morgan fingerprint density at radius 3 is 2.31 bits per heavy atom. The highest BCUT2D eigenvalue weighted by Crippen LogP contribution is 2.29. The molecule has 1 atom stereocenters. The molecule has 0 saturated heterocycles. The molecule has 202 valence electrons. The predicted molar refractivity (Wildman–Crippen MR) is 150 cm³/mol. The second kappa shape index (κ2) is 12.7. The summed E-state index contributed by atoms with van der Waals surface area (Å²) < 4.78 is 32.9. The summed E-state index contributed by atoms with van der Waals surface area (Å²) in [5.74, 6) is -0.873. The Hall–Kier alpha value is -3.96. The lowest BCUT2D eigenvalue weighted by Gasteiger charge is -2.16. The summed E-state index contributed by atoms with van der Waals surface area (Å²) >= 11 is 1.19. The molecule has 0 aliphatic heterocycles. The van der Waals surface area contributed by atoms with Crippen LogP contribution in [-0.2, 0) is 25.1 Å². The molecule has 39 heavy (non-hydrogen) atoms. The van der Waals surface area contributed by atoms with Gasteiger partial charge in [-0.3, -0.25) is 9.36 Å². The maximum atomic E-state index is 13.2. The van der Waals surface area contributed by atoms with Crippen molar-refractivity contribution in [3.8, 4) is 5.69 Å². The van der Waals surface area contributed by atoms with Crippen LogP contribution in [0.3, 0.4) is 0 Å². The van der Waals surface area contributed by atoms with Crippen LogP contribution >= 0.6 is 11.8 Å². The lowest BCUT2D eigenvalue weighted by Crippen LogP contribution is -2.25. The molecule has 0 spiro atoms. The van der Waals surface area contributed by atoms with Crippen molar-refractivity contribution in [2.75, 3.05) is 11.9 Å². The molecule has 3 aromatic carbocycles. The van der Waals surface area contributed by atoms with Crippen molar-refractivity contribution in [3.63, 3.8) is 0 Å². The van der Waals surface area contributed by atoms with Crippen LogP contribution in [-0.4, -0.2) is 46.9 Å². The van der Waals surface area contributed by atoms with E-state index in [1.54, 1.807) is 66.1 Å². The molecule has 4 rings (SSSR count). The van der Waals surface area contributed by atoms with Gasteiger partial charge in [0.15, 0.2) is 20.8 Å². The van der Waals surface area contributed by atoms with E-state index in [-0.39, 0.29) is 29.0 Å². The van der Waals surface area contributed by atoms with Gasteiger partial charge >= 0.3 is 5.97 Å². The smallest absolute Gasteiger partial charge is 0.338 e. The maximum absolute atomic E-state index is 13.2. The number of hydrogen-bond donors (Lipinski definition) is 1. The van der Waals surface area contributed by atoms with Crippen LogP contribution in [0.4, 0.5) is 5.69 Å². The van der Waals surface area contributed by atoms with Crippen LogP contribution in [0.15, 0.2) is 95.0 Å². The number of esters is 1. The van der Waals surface area contributed by atoms with E-state index >= 15 is 0 Å². The van der Waals surface area contributed by atoms with Crippen LogP contribution in [0.2, 0.25) is 0 Å². The average Bonchev–Trinajstić information content (AvgIpc) is 3.34. The summed E-state index contributed by atoms with van der Waals surface area (Å²) in [5.41, 5.74) is 1.48. The topological polar surface area (TPSA) is 120 Å². The Morgan fingerprint density at radius 1 is 0.949 bits per heavy atom. The summed E-state index contributed by atoms with van der Waals surface area (Å²) in [6, 6.07) is 23.9. The second-order valence-electron chi connectivity index (χ2n) is 8.45. The number of nitrogens with one attached hydrogen (secondary N) is 1. The third-order valence-electron chi connectivity index (χ3n) is 5.69. The molecule has 1 heterocycles. The zero-order valence-electron chi connectivity index (χ0n) is 21.5. The minimum absolute atomic E-state index is 0.192. The Balaban J connectivity index is 1.60. The zero-order chi connectivity index (χ0) is 27.8. The number of anilines is 1. The van der Waals surface area contributed by atoms with Gasteiger partial charge in [-0.15, -0.1) is 10.2 Å². The van der Waals surface area contributed by atoms with Gasteiger partial charge in [-0.25, -0.2) is 13.2 Å². The number of ether oxygens (including phenoxy) is 1. The molecule has 1 N–H and O–H groups in total. The number of rotatable bonds is 11. The first-order chi connectivity index (χ1) is 18.8. The van der Waals surface area contributed by atoms with Crippen molar-refractivity contribution >= 4 is 39.2 Å². The van der Waals surface area contributed by atoms with Gasteiger partial charge in [0, 0.05) is 11.4 Å². The molecule has 1 aromatic heterocycles. The molecule has 0 aliphatic rings. The minimum atomic E-state index is -3.69. The zero-order valence-corrected chi connectivity index (χ0v) is 23.1. The number of benzene rings is 3. The Morgan fingerprint density at radius 2 is 1.64 bits per heavy atom. The molecule has 1 unspecified atom stereocenters. The van der Waals surface area contributed by atoms with Gasteiger partial charge in [-0.2, -0.15) is 0 Å². The molecule has 4 aromatic rings. The van der Waals surface area contributed by atoms with E-state index in [2.05, 4.69) is 15.5 Å². The van der Waals surface area contributed by atoms with Gasteiger partial charge in [-0.05, 0) is 55.8 Å². The van der Waals surface area contributed by atoms with Gasteiger partial charge in [0.1, 0.15) is 5.75 Å². The highest BCUT2D eigenvalue weighted by molar-refractivity contribution is 8.00. The lowest BCUT2D eigenvalue weighted by atomic mass is 10.2. The molecule has 1 amide bonds. The van der Waals surface area contributed by atoms with Crippen molar-refractivity contribution in [3.05, 3.63) is 96.3 Å². The van der Waals surface area contributed by atoms with E-state index in [9.17, 15) is 18.0 Å². The molecular weight excluding hydrogens is 536 g/mol. The first-order valence-corrected chi connectivity index (χ1v) is 14.9. The Kier molecular flexibility index (Phi) is 9.15. The van der Waals surface area contributed by atoms with Crippen LogP contribution < -0.4 is 5.32 Å². The number of carbonyl (C=O) groups is 2. The Labute approximate surface area is 231 Å². The summed E-state index contributed by atoms with van der Waals surface area (Å²) in [6.45, 7) is 3.85. The second-order valence-corrected chi connectivity index (χ2v) is 11.6. The number of nitrogens with zero attached hydrogens (tertiary/aromatic N) is 3. The SMILES string of the molecule is CCOC(=O)c1cccc(NC(=O)C(CC)Sc2nnc(CS(=O)(=O)c3ccccc3)n2-c2ccccc2)c1. The van der Waals surface area contributed by atoms with Crippen LogP contribution in [0.1, 0.15) is 36.5 Å². The maximum Gasteiger partial charge on any atom is 0.338 e. The van der Waals surface area contributed by atoms with E-state index in [1.165, 1.54) is 11.8 Å². The standard InChI is InChI=1S/C28H28N4O5S2/c1-3-24(26(33)29-21-13-11-12-20(18-21)27(34)37-4-2)38-28-31-30-25(32(28)22-14-7-5-8-15-22)19-39(35,36)23-16-9-6-10-17-23/h5-18,24H,3-4,19H2,1-2H3,(H,29,33). The predicted octanol–water partition coefficient (Wildman–Crippen LogP) is 4.93. The number of hydrogen-bond acceptors (Lipinski definition) is 8. The molecule has 11 heteroatoms. The molecule has 9 nitrogen and oxygen atoms in total. The van der Waals surface area contributed by atoms with E-state index in [4.69, 9.17) is 4.74 Å². The van der Waals surface area contributed by atoms with E-state index < -0.39 is 21.1 Å². The largest absolute Gasteiger partial charge is 0.462 e. The molecule has 0 aliphatic carbocycles. The van der Waals surface area contributed by atoms with Gasteiger partial charge in [0.25, 0.3) is 0 Å². The third-order valence-corrected chi connectivity index (χ3v) is 8.62. The number of thioether (sulfide) groups is 1.